The number of esters is 1. The molecule has 214 valence electrons. The highest BCUT2D eigenvalue weighted by Crippen LogP contribution is 2.45. The molecule has 3 aromatic rings. The molecule has 1 amide bonds. The summed E-state index contributed by atoms with van der Waals surface area (Å²) in [5.41, 5.74) is 2.16. The molecule has 2 aromatic carbocycles. The summed E-state index contributed by atoms with van der Waals surface area (Å²) < 4.78 is 16.6. The largest absolute Gasteiger partial charge is 0.507 e. The molecule has 2 aliphatic rings. The number of Topliss-reactive ketones (excluding diaryl/α,β-unsaturated/α-hetero) is 1. The molecule has 1 N–H and O–H groups in total. The molecule has 10 heteroatoms. The molecule has 1 aromatic heterocycles. The molecule has 2 atom stereocenters. The first kappa shape index (κ1) is 28.4. The molecule has 0 radical (unpaired) electrons. The van der Waals surface area contributed by atoms with Crippen molar-refractivity contribution in [2.24, 2.45) is 5.92 Å². The van der Waals surface area contributed by atoms with Crippen LogP contribution in [0.2, 0.25) is 0 Å². The first-order chi connectivity index (χ1) is 19.6. The summed E-state index contributed by atoms with van der Waals surface area (Å²) in [6.45, 7) is 8.31. The van der Waals surface area contributed by atoms with Crippen LogP contribution in [0, 0.1) is 12.8 Å². The molecule has 2 aliphatic heterocycles. The lowest BCUT2D eigenvalue weighted by Gasteiger charge is -2.23. The Labute approximate surface area is 242 Å². The van der Waals surface area contributed by atoms with Crippen LogP contribution in [0.4, 0.5) is 5.13 Å². The Morgan fingerprint density at radius 3 is 2.73 bits per heavy atom. The summed E-state index contributed by atoms with van der Waals surface area (Å²) in [6.07, 6.45) is 1.53. The lowest BCUT2D eigenvalue weighted by molar-refractivity contribution is -0.132. The second kappa shape index (κ2) is 11.4. The predicted octanol–water partition coefficient (Wildman–Crippen LogP) is 5.61. The summed E-state index contributed by atoms with van der Waals surface area (Å²) in [7, 11) is 1.26. The quantitative estimate of drug-likeness (QED) is 0.159. The molecule has 9 nitrogen and oxygen atoms in total. The monoisotopic (exact) mass is 576 g/mol. The van der Waals surface area contributed by atoms with Gasteiger partial charge in [0, 0.05) is 12.0 Å². The van der Waals surface area contributed by atoms with Crippen molar-refractivity contribution in [3.63, 3.8) is 0 Å². The number of hydrogen-bond acceptors (Lipinski definition) is 9. The van der Waals surface area contributed by atoms with Crippen molar-refractivity contribution < 1.29 is 33.7 Å². The van der Waals surface area contributed by atoms with E-state index in [9.17, 15) is 19.5 Å². The number of aryl methyl sites for hydroxylation is 1. The maximum Gasteiger partial charge on any atom is 0.350 e. The first-order valence-corrected chi connectivity index (χ1v) is 14.3. The lowest BCUT2D eigenvalue weighted by atomic mass is 9.94. The smallest absolute Gasteiger partial charge is 0.350 e. The SMILES string of the molecule is COC(=O)c1sc(N2C(=O)C(=O)/C(=C(/O)c3ccc4c(c3)C[C@@H](C)O4)[C@H]2c2cccc(OCCC(C)C)c2)nc1C. The zero-order valence-corrected chi connectivity index (χ0v) is 24.4. The molecule has 0 unspecified atom stereocenters. The topological polar surface area (TPSA) is 115 Å². The molecule has 3 heterocycles. The van der Waals surface area contributed by atoms with E-state index < -0.39 is 23.7 Å². The third-order valence-corrected chi connectivity index (χ3v) is 8.25. The van der Waals surface area contributed by atoms with Gasteiger partial charge in [0.05, 0.1) is 31.0 Å². The van der Waals surface area contributed by atoms with Gasteiger partial charge in [-0.1, -0.05) is 37.3 Å². The molecule has 0 spiro atoms. The highest BCUT2D eigenvalue weighted by molar-refractivity contribution is 7.17. The van der Waals surface area contributed by atoms with Gasteiger partial charge < -0.3 is 19.3 Å². The molecular formula is C31H32N2O7S. The number of thiazole rings is 1. The molecule has 1 fully saturated rings. The third kappa shape index (κ3) is 5.44. The Morgan fingerprint density at radius 2 is 2.00 bits per heavy atom. The standard InChI is InChI=1S/C31H32N2O7S/c1-16(2)11-12-39-22-8-6-7-19(15-22)25-24(26(34)20-9-10-23-21(14-20)13-17(3)40-23)27(35)29(36)33(25)31-32-18(4)28(41-31)30(37)38-5/h6-10,14-17,25,34H,11-13H2,1-5H3/b26-24+/t17-,25-/m1/s1. The average Bonchev–Trinajstić information content (AvgIpc) is 3.59. The van der Waals surface area contributed by atoms with Gasteiger partial charge in [0.2, 0.25) is 0 Å². The van der Waals surface area contributed by atoms with E-state index in [4.69, 9.17) is 14.2 Å². The number of anilines is 1. The molecule has 5 rings (SSSR count). The second-order valence-electron chi connectivity index (χ2n) is 10.6. The molecule has 0 bridgehead atoms. The van der Waals surface area contributed by atoms with Crippen LogP contribution in [-0.2, 0) is 20.7 Å². The maximum absolute atomic E-state index is 13.6. The van der Waals surface area contributed by atoms with Crippen LogP contribution < -0.4 is 14.4 Å². The van der Waals surface area contributed by atoms with E-state index in [1.807, 2.05) is 6.92 Å². The van der Waals surface area contributed by atoms with Gasteiger partial charge in [-0.05, 0) is 67.6 Å². The number of aromatic nitrogens is 1. The van der Waals surface area contributed by atoms with Crippen LogP contribution in [0.3, 0.4) is 0 Å². The van der Waals surface area contributed by atoms with E-state index in [-0.39, 0.29) is 27.4 Å². The number of ketones is 1. The number of fused-ring (bicyclic) bond motifs is 1. The average molecular weight is 577 g/mol. The van der Waals surface area contributed by atoms with Crippen molar-refractivity contribution in [3.05, 3.63) is 75.3 Å². The summed E-state index contributed by atoms with van der Waals surface area (Å²) >= 11 is 0.956. The number of aliphatic hydroxyl groups is 1. The predicted molar refractivity (Wildman–Crippen MR) is 155 cm³/mol. The van der Waals surface area contributed by atoms with Crippen molar-refractivity contribution in [3.8, 4) is 11.5 Å². The molecule has 0 aliphatic carbocycles. The van der Waals surface area contributed by atoms with Crippen LogP contribution in [0.1, 0.15) is 65.3 Å². The third-order valence-electron chi connectivity index (χ3n) is 7.11. The number of carbonyl (C=O) groups excluding carboxylic acids is 3. The second-order valence-corrected chi connectivity index (χ2v) is 11.6. The number of nitrogens with zero attached hydrogens (tertiary/aromatic N) is 2. The summed E-state index contributed by atoms with van der Waals surface area (Å²) in [5, 5.41) is 11.7. The zero-order chi connectivity index (χ0) is 29.4. The first-order valence-electron chi connectivity index (χ1n) is 13.5. The van der Waals surface area contributed by atoms with Gasteiger partial charge in [-0.3, -0.25) is 14.5 Å². The van der Waals surface area contributed by atoms with E-state index in [1.165, 1.54) is 12.0 Å². The van der Waals surface area contributed by atoms with Gasteiger partial charge >= 0.3 is 11.9 Å². The Kier molecular flexibility index (Phi) is 7.86. The van der Waals surface area contributed by atoms with Gasteiger partial charge in [-0.25, -0.2) is 9.78 Å². The summed E-state index contributed by atoms with van der Waals surface area (Å²) in [4.78, 5) is 45.4. The number of carbonyl (C=O) groups is 3. The number of amides is 1. The number of hydrogen-bond donors (Lipinski definition) is 1. The van der Waals surface area contributed by atoms with Crippen LogP contribution >= 0.6 is 11.3 Å². The van der Waals surface area contributed by atoms with E-state index in [0.717, 1.165) is 29.1 Å². The number of rotatable bonds is 8. The zero-order valence-electron chi connectivity index (χ0n) is 23.6. The minimum Gasteiger partial charge on any atom is -0.507 e. The van der Waals surface area contributed by atoms with E-state index in [1.54, 1.807) is 49.4 Å². The Hall–Kier alpha value is -4.18. The van der Waals surface area contributed by atoms with Crippen molar-refractivity contribution in [1.82, 2.24) is 4.98 Å². The van der Waals surface area contributed by atoms with Crippen LogP contribution in [0.5, 0.6) is 11.5 Å². The van der Waals surface area contributed by atoms with Crippen molar-refractivity contribution in [2.75, 3.05) is 18.6 Å². The fraction of sp³-hybridized carbons (Fsp3) is 0.355. The highest BCUT2D eigenvalue weighted by atomic mass is 32.1. The highest BCUT2D eigenvalue weighted by Gasteiger charge is 2.48. The molecular weight excluding hydrogens is 544 g/mol. The van der Waals surface area contributed by atoms with Crippen LogP contribution in [0.25, 0.3) is 5.76 Å². The van der Waals surface area contributed by atoms with Gasteiger partial charge in [0.25, 0.3) is 5.78 Å². The summed E-state index contributed by atoms with van der Waals surface area (Å²) in [5.74, 6) is -0.834. The molecule has 1 saturated heterocycles. The minimum atomic E-state index is -1.01. The number of methoxy groups -OCH3 is 1. The minimum absolute atomic E-state index is 0.00330. The molecule has 0 saturated carbocycles. The number of aliphatic hydroxyl groups excluding tert-OH is 1. The van der Waals surface area contributed by atoms with E-state index >= 15 is 0 Å². The van der Waals surface area contributed by atoms with Crippen LogP contribution in [-0.4, -0.2) is 47.6 Å². The Bertz CT molecular complexity index is 1560. The lowest BCUT2D eigenvalue weighted by Crippen LogP contribution is -2.29. The maximum atomic E-state index is 13.6. The van der Waals surface area contributed by atoms with Gasteiger partial charge in [-0.2, -0.15) is 0 Å². The number of benzene rings is 2. The van der Waals surface area contributed by atoms with E-state index in [2.05, 4.69) is 18.8 Å². The fourth-order valence-corrected chi connectivity index (χ4v) is 6.04. The number of ether oxygens (including phenoxy) is 3. The normalized spacial score (nSPS) is 19.4. The summed E-state index contributed by atoms with van der Waals surface area (Å²) in [6, 6.07) is 11.3. The Balaban J connectivity index is 1.64. The van der Waals surface area contributed by atoms with Crippen LogP contribution in [0.15, 0.2) is 48.0 Å². The Morgan fingerprint density at radius 1 is 1.22 bits per heavy atom. The van der Waals surface area contributed by atoms with Crippen molar-refractivity contribution in [2.45, 2.75) is 52.7 Å². The van der Waals surface area contributed by atoms with Crippen molar-refractivity contribution >= 4 is 39.9 Å². The fourth-order valence-electron chi connectivity index (χ4n) is 5.02. The van der Waals surface area contributed by atoms with Crippen molar-refractivity contribution in [1.29, 1.82) is 0 Å². The van der Waals surface area contributed by atoms with Gasteiger partial charge in [-0.15, -0.1) is 0 Å². The van der Waals surface area contributed by atoms with Gasteiger partial charge in [0.1, 0.15) is 28.2 Å². The molecule has 41 heavy (non-hydrogen) atoms. The van der Waals surface area contributed by atoms with Gasteiger partial charge in [0.15, 0.2) is 5.13 Å². The van der Waals surface area contributed by atoms with E-state index in [0.29, 0.717) is 41.5 Å².